The van der Waals surface area contributed by atoms with Gasteiger partial charge in [-0.3, -0.25) is 0 Å². The summed E-state index contributed by atoms with van der Waals surface area (Å²) in [4.78, 5) is 0. The van der Waals surface area contributed by atoms with Crippen molar-refractivity contribution in [2.24, 2.45) is 0 Å². The van der Waals surface area contributed by atoms with Gasteiger partial charge in [-0.1, -0.05) is 12.1 Å². The van der Waals surface area contributed by atoms with Gasteiger partial charge in [-0.2, -0.15) is 13.2 Å². The monoisotopic (exact) mass is 276 g/mol. The van der Waals surface area contributed by atoms with Gasteiger partial charge >= 0.3 is 6.18 Å². The molecule has 1 aromatic carbocycles. The molecule has 2 rings (SSSR count). The van der Waals surface area contributed by atoms with Crippen LogP contribution in [-0.2, 0) is 9.47 Å². The summed E-state index contributed by atoms with van der Waals surface area (Å²) in [5, 5.41) is 0. The fourth-order valence-electron chi connectivity index (χ4n) is 1.68. The SMILES string of the molecule is CCOc1cccc([C@@H](OC[C@H]2CO2)C(F)(F)F)c1. The molecule has 0 saturated carbocycles. The van der Waals surface area contributed by atoms with Gasteiger partial charge in [0.2, 0.25) is 0 Å². The van der Waals surface area contributed by atoms with Crippen LogP contribution in [0.2, 0.25) is 0 Å². The predicted octanol–water partition coefficient (Wildman–Crippen LogP) is 3.10. The molecule has 1 heterocycles. The lowest BCUT2D eigenvalue weighted by Crippen LogP contribution is -2.25. The summed E-state index contributed by atoms with van der Waals surface area (Å²) in [5.41, 5.74) is 0.0408. The highest BCUT2D eigenvalue weighted by atomic mass is 19.4. The Morgan fingerprint density at radius 3 is 2.74 bits per heavy atom. The third-order valence-corrected chi connectivity index (χ3v) is 2.62. The Morgan fingerprint density at radius 2 is 2.16 bits per heavy atom. The molecule has 0 spiro atoms. The van der Waals surface area contributed by atoms with E-state index in [0.717, 1.165) is 0 Å². The molecule has 2 atom stereocenters. The first kappa shape index (κ1) is 14.1. The topological polar surface area (TPSA) is 31.0 Å². The van der Waals surface area contributed by atoms with Gasteiger partial charge in [0.05, 0.1) is 19.8 Å². The van der Waals surface area contributed by atoms with E-state index in [9.17, 15) is 13.2 Å². The largest absolute Gasteiger partial charge is 0.494 e. The van der Waals surface area contributed by atoms with E-state index in [4.69, 9.17) is 14.2 Å². The Morgan fingerprint density at radius 1 is 1.42 bits per heavy atom. The molecule has 1 aliphatic heterocycles. The van der Waals surface area contributed by atoms with Crippen LogP contribution in [0.5, 0.6) is 5.75 Å². The molecule has 3 nitrogen and oxygen atoms in total. The van der Waals surface area contributed by atoms with Crippen LogP contribution >= 0.6 is 0 Å². The molecule has 0 radical (unpaired) electrons. The zero-order valence-electron chi connectivity index (χ0n) is 10.4. The van der Waals surface area contributed by atoms with Gasteiger partial charge in [0.25, 0.3) is 0 Å². The van der Waals surface area contributed by atoms with Gasteiger partial charge in [-0.05, 0) is 24.6 Å². The first-order valence-electron chi connectivity index (χ1n) is 6.03. The van der Waals surface area contributed by atoms with E-state index in [1.54, 1.807) is 13.0 Å². The molecule has 6 heteroatoms. The van der Waals surface area contributed by atoms with Crippen molar-refractivity contribution in [1.82, 2.24) is 0 Å². The quantitative estimate of drug-likeness (QED) is 0.748. The number of epoxide rings is 1. The zero-order valence-corrected chi connectivity index (χ0v) is 10.4. The van der Waals surface area contributed by atoms with Gasteiger partial charge in [0.15, 0.2) is 6.10 Å². The van der Waals surface area contributed by atoms with Crippen LogP contribution in [0.25, 0.3) is 0 Å². The molecule has 19 heavy (non-hydrogen) atoms. The van der Waals surface area contributed by atoms with Gasteiger partial charge in [0.1, 0.15) is 11.9 Å². The number of benzene rings is 1. The Bertz CT molecular complexity index is 416. The summed E-state index contributed by atoms with van der Waals surface area (Å²) in [6.07, 6.45) is -6.61. The van der Waals surface area contributed by atoms with Crippen LogP contribution in [0.15, 0.2) is 24.3 Å². The lowest BCUT2D eigenvalue weighted by molar-refractivity contribution is -0.224. The second kappa shape index (κ2) is 5.79. The summed E-state index contributed by atoms with van der Waals surface area (Å²) < 4.78 is 54.0. The highest BCUT2D eigenvalue weighted by Gasteiger charge is 2.43. The van der Waals surface area contributed by atoms with Crippen LogP contribution < -0.4 is 4.74 Å². The first-order valence-corrected chi connectivity index (χ1v) is 6.03. The third kappa shape index (κ3) is 4.11. The molecule has 0 aliphatic carbocycles. The number of alkyl halides is 3. The minimum absolute atomic E-state index is 0.0408. The lowest BCUT2D eigenvalue weighted by Gasteiger charge is -2.21. The molecule has 0 aromatic heterocycles. The number of hydrogen-bond donors (Lipinski definition) is 0. The normalized spacial score (nSPS) is 20.1. The van der Waals surface area contributed by atoms with Gasteiger partial charge in [-0.25, -0.2) is 0 Å². The van der Waals surface area contributed by atoms with E-state index in [1.807, 2.05) is 0 Å². The fraction of sp³-hybridized carbons (Fsp3) is 0.538. The summed E-state index contributed by atoms with van der Waals surface area (Å²) in [5.74, 6) is 0.403. The van der Waals surface area contributed by atoms with E-state index in [0.29, 0.717) is 19.0 Å². The molecule has 1 aromatic rings. The van der Waals surface area contributed by atoms with E-state index < -0.39 is 12.3 Å². The maximum Gasteiger partial charge on any atom is 0.418 e. The van der Waals surface area contributed by atoms with E-state index >= 15 is 0 Å². The predicted molar refractivity (Wildman–Crippen MR) is 62.1 cm³/mol. The van der Waals surface area contributed by atoms with Crippen molar-refractivity contribution in [3.05, 3.63) is 29.8 Å². The molecule has 106 valence electrons. The number of ether oxygens (including phenoxy) is 3. The van der Waals surface area contributed by atoms with Crippen LogP contribution in [0.1, 0.15) is 18.6 Å². The van der Waals surface area contributed by atoms with Crippen molar-refractivity contribution in [2.75, 3.05) is 19.8 Å². The Balaban J connectivity index is 2.13. The molecule has 1 aliphatic rings. The molecule has 0 unspecified atom stereocenters. The third-order valence-electron chi connectivity index (χ3n) is 2.62. The highest BCUT2D eigenvalue weighted by Crippen LogP contribution is 2.37. The summed E-state index contributed by atoms with van der Waals surface area (Å²) in [7, 11) is 0. The van der Waals surface area contributed by atoms with Crippen molar-refractivity contribution >= 4 is 0 Å². The van der Waals surface area contributed by atoms with Gasteiger partial charge in [-0.15, -0.1) is 0 Å². The second-order valence-electron chi connectivity index (χ2n) is 4.22. The van der Waals surface area contributed by atoms with Crippen molar-refractivity contribution in [1.29, 1.82) is 0 Å². The summed E-state index contributed by atoms with van der Waals surface area (Å²) in [6, 6.07) is 5.88. The van der Waals surface area contributed by atoms with Crippen molar-refractivity contribution < 1.29 is 27.4 Å². The molecule has 1 fully saturated rings. The minimum Gasteiger partial charge on any atom is -0.494 e. The molecule has 0 bridgehead atoms. The minimum atomic E-state index is -4.46. The fourth-order valence-corrected chi connectivity index (χ4v) is 1.68. The van der Waals surface area contributed by atoms with E-state index in [-0.39, 0.29) is 18.3 Å². The highest BCUT2D eigenvalue weighted by molar-refractivity contribution is 5.30. The average Bonchev–Trinajstić information content (AvgIpc) is 3.12. The van der Waals surface area contributed by atoms with E-state index in [1.165, 1.54) is 18.2 Å². The molecule has 0 N–H and O–H groups in total. The van der Waals surface area contributed by atoms with Crippen LogP contribution in [0, 0.1) is 0 Å². The standard InChI is InChI=1S/C13H15F3O3/c1-2-17-10-5-3-4-9(6-10)12(13(14,15)16)19-8-11-7-18-11/h3-6,11-12H,2,7-8H2,1H3/t11-,12-/m1/s1. The lowest BCUT2D eigenvalue weighted by atomic mass is 10.1. The van der Waals surface area contributed by atoms with Crippen LogP contribution in [-0.4, -0.2) is 32.1 Å². The number of hydrogen-bond acceptors (Lipinski definition) is 3. The van der Waals surface area contributed by atoms with Crippen LogP contribution in [0.4, 0.5) is 13.2 Å². The first-order chi connectivity index (χ1) is 9.00. The second-order valence-corrected chi connectivity index (χ2v) is 4.22. The van der Waals surface area contributed by atoms with Crippen molar-refractivity contribution in [3.63, 3.8) is 0 Å². The smallest absolute Gasteiger partial charge is 0.418 e. The molecular weight excluding hydrogens is 261 g/mol. The maximum atomic E-state index is 13.0. The average molecular weight is 276 g/mol. The Hall–Kier alpha value is -1.27. The van der Waals surface area contributed by atoms with Gasteiger partial charge in [0, 0.05) is 0 Å². The molecule has 1 saturated heterocycles. The maximum absolute atomic E-state index is 13.0. The van der Waals surface area contributed by atoms with Crippen molar-refractivity contribution in [2.45, 2.75) is 25.3 Å². The van der Waals surface area contributed by atoms with E-state index in [2.05, 4.69) is 0 Å². The van der Waals surface area contributed by atoms with Gasteiger partial charge < -0.3 is 14.2 Å². The number of rotatable bonds is 6. The Kier molecular flexibility index (Phi) is 4.31. The number of halogens is 3. The summed E-state index contributed by atoms with van der Waals surface area (Å²) >= 11 is 0. The van der Waals surface area contributed by atoms with Crippen LogP contribution in [0.3, 0.4) is 0 Å². The summed E-state index contributed by atoms with van der Waals surface area (Å²) in [6.45, 7) is 2.58. The van der Waals surface area contributed by atoms with Crippen molar-refractivity contribution in [3.8, 4) is 5.75 Å². The molecular formula is C13H15F3O3. The Labute approximate surface area is 109 Å². The molecule has 0 amide bonds. The zero-order chi connectivity index (χ0) is 13.9.